The van der Waals surface area contributed by atoms with Crippen molar-refractivity contribution in [2.45, 2.75) is 26.2 Å². The number of hydrogen-bond acceptors (Lipinski definition) is 0. The van der Waals surface area contributed by atoms with Gasteiger partial charge in [0, 0.05) is 0 Å². The van der Waals surface area contributed by atoms with Crippen LogP contribution in [-0.4, -0.2) is 0 Å². The minimum absolute atomic E-state index is 0.715. The molecule has 0 amide bonds. The summed E-state index contributed by atoms with van der Waals surface area (Å²) >= 11 is 0. The quantitative estimate of drug-likeness (QED) is 0.612. The van der Waals surface area contributed by atoms with Crippen molar-refractivity contribution in [2.75, 3.05) is 0 Å². The Morgan fingerprint density at radius 1 is 0.905 bits per heavy atom. The van der Waals surface area contributed by atoms with Crippen LogP contribution in [0.1, 0.15) is 37.3 Å². The Hall–Kier alpha value is -2.08. The number of rotatable bonds is 4. The van der Waals surface area contributed by atoms with Gasteiger partial charge in [0.2, 0.25) is 0 Å². The molecule has 1 aliphatic rings. The molecular weight excluding hydrogens is 252 g/mol. The molecule has 3 rings (SSSR count). The zero-order valence-corrected chi connectivity index (χ0v) is 12.6. The lowest BCUT2D eigenvalue weighted by atomic mass is 9.89. The lowest BCUT2D eigenvalue weighted by Gasteiger charge is -2.16. The minimum atomic E-state index is 0.715. The van der Waals surface area contributed by atoms with Gasteiger partial charge in [-0.3, -0.25) is 0 Å². The maximum Gasteiger partial charge on any atom is -0.0122 e. The van der Waals surface area contributed by atoms with Crippen LogP contribution >= 0.6 is 0 Å². The predicted molar refractivity (Wildman–Crippen MR) is 91.1 cm³/mol. The number of benzene rings is 2. The highest BCUT2D eigenvalue weighted by Crippen LogP contribution is 2.32. The van der Waals surface area contributed by atoms with Crippen LogP contribution in [0.2, 0.25) is 0 Å². The monoisotopic (exact) mass is 274 g/mol. The molecule has 0 saturated carbocycles. The van der Waals surface area contributed by atoms with E-state index in [0.717, 1.165) is 6.42 Å². The van der Waals surface area contributed by atoms with Crippen molar-refractivity contribution >= 4 is 5.57 Å². The molecule has 0 saturated heterocycles. The summed E-state index contributed by atoms with van der Waals surface area (Å²) in [6, 6.07) is 21.5. The largest absolute Gasteiger partial charge is 0.0882 e. The van der Waals surface area contributed by atoms with Crippen LogP contribution in [0, 0.1) is 5.92 Å². The number of allylic oxidation sites excluding steroid dienone is 3. The molecule has 2 aromatic rings. The fourth-order valence-corrected chi connectivity index (χ4v) is 3.23. The van der Waals surface area contributed by atoms with E-state index in [0.29, 0.717) is 5.92 Å². The van der Waals surface area contributed by atoms with Gasteiger partial charge in [-0.25, -0.2) is 0 Å². The summed E-state index contributed by atoms with van der Waals surface area (Å²) in [6.07, 6.45) is 8.41. The molecule has 1 atom stereocenters. The van der Waals surface area contributed by atoms with Crippen LogP contribution in [0.3, 0.4) is 0 Å². The lowest BCUT2D eigenvalue weighted by molar-refractivity contribution is 0.627. The molecule has 0 fully saturated rings. The van der Waals surface area contributed by atoms with Crippen molar-refractivity contribution < 1.29 is 0 Å². The van der Waals surface area contributed by atoms with Gasteiger partial charge in [-0.05, 0) is 48.8 Å². The molecule has 0 aliphatic heterocycles. The third-order valence-corrected chi connectivity index (χ3v) is 4.23. The Labute approximate surface area is 127 Å². The molecule has 0 nitrogen and oxygen atoms in total. The van der Waals surface area contributed by atoms with Gasteiger partial charge in [-0.15, -0.1) is 0 Å². The summed E-state index contributed by atoms with van der Waals surface area (Å²) < 4.78 is 0. The van der Waals surface area contributed by atoms with Crippen LogP contribution in [0.25, 0.3) is 5.57 Å². The van der Waals surface area contributed by atoms with Gasteiger partial charge in [0.15, 0.2) is 0 Å². The maximum atomic E-state index is 2.39. The Bertz CT molecular complexity index is 591. The minimum Gasteiger partial charge on any atom is -0.0882 e. The van der Waals surface area contributed by atoms with Crippen LogP contribution in [0.4, 0.5) is 0 Å². The maximum absolute atomic E-state index is 2.39. The summed E-state index contributed by atoms with van der Waals surface area (Å²) in [4.78, 5) is 0. The fourth-order valence-electron chi connectivity index (χ4n) is 3.23. The van der Waals surface area contributed by atoms with Gasteiger partial charge in [-0.2, -0.15) is 0 Å². The summed E-state index contributed by atoms with van der Waals surface area (Å²) in [5, 5.41) is 0. The van der Waals surface area contributed by atoms with Crippen molar-refractivity contribution in [2.24, 2.45) is 5.92 Å². The van der Waals surface area contributed by atoms with Crippen molar-refractivity contribution in [1.29, 1.82) is 0 Å². The molecule has 1 unspecified atom stereocenters. The molecule has 21 heavy (non-hydrogen) atoms. The molecule has 1 aliphatic carbocycles. The molecule has 0 radical (unpaired) electrons. The van der Waals surface area contributed by atoms with Gasteiger partial charge in [0.1, 0.15) is 0 Å². The Morgan fingerprint density at radius 3 is 1.95 bits per heavy atom. The lowest BCUT2D eigenvalue weighted by Crippen LogP contribution is -1.98. The molecule has 0 heteroatoms. The first-order valence-electron chi connectivity index (χ1n) is 7.82. The zero-order chi connectivity index (χ0) is 14.5. The third kappa shape index (κ3) is 3.33. The fraction of sp³-hybridized carbons (Fsp3) is 0.238. The second-order valence-electron chi connectivity index (χ2n) is 5.86. The van der Waals surface area contributed by atoms with E-state index in [-0.39, 0.29) is 0 Å². The van der Waals surface area contributed by atoms with Gasteiger partial charge >= 0.3 is 0 Å². The van der Waals surface area contributed by atoms with E-state index < -0.39 is 0 Å². The highest BCUT2D eigenvalue weighted by molar-refractivity contribution is 5.81. The van der Waals surface area contributed by atoms with E-state index in [1.54, 1.807) is 0 Å². The van der Waals surface area contributed by atoms with Crippen LogP contribution in [0.15, 0.2) is 78.4 Å². The molecule has 0 aromatic heterocycles. The van der Waals surface area contributed by atoms with E-state index in [9.17, 15) is 0 Å². The van der Waals surface area contributed by atoms with E-state index in [2.05, 4.69) is 79.7 Å². The normalized spacial score (nSPS) is 16.9. The standard InChI is InChI=1S/C21H22/c1-17(16-18-10-8-9-11-18)21(19-12-4-2-5-13-19)20-14-6-3-7-15-20/h2-8,10,12-15,18H,9,11,16H2,1H3. The highest BCUT2D eigenvalue weighted by Gasteiger charge is 2.14. The molecule has 0 bridgehead atoms. The summed E-state index contributed by atoms with van der Waals surface area (Å²) in [5.41, 5.74) is 5.53. The van der Waals surface area contributed by atoms with Gasteiger partial charge in [0.25, 0.3) is 0 Å². The summed E-state index contributed by atoms with van der Waals surface area (Å²) in [6.45, 7) is 2.29. The Kier molecular flexibility index (Phi) is 4.35. The highest BCUT2D eigenvalue weighted by atomic mass is 14.2. The Morgan fingerprint density at radius 2 is 1.48 bits per heavy atom. The van der Waals surface area contributed by atoms with E-state index in [1.165, 1.54) is 35.1 Å². The topological polar surface area (TPSA) is 0 Å². The van der Waals surface area contributed by atoms with Crippen LogP contribution < -0.4 is 0 Å². The molecule has 0 spiro atoms. The van der Waals surface area contributed by atoms with Crippen molar-refractivity contribution in [1.82, 2.24) is 0 Å². The first-order chi connectivity index (χ1) is 10.3. The SMILES string of the molecule is CC(CC1C=CCC1)=C(c1ccccc1)c1ccccc1. The van der Waals surface area contributed by atoms with Crippen molar-refractivity contribution in [3.8, 4) is 0 Å². The Balaban J connectivity index is 2.01. The zero-order valence-electron chi connectivity index (χ0n) is 12.6. The third-order valence-electron chi connectivity index (χ3n) is 4.23. The molecular formula is C21H22. The van der Waals surface area contributed by atoms with Gasteiger partial charge < -0.3 is 0 Å². The molecule has 106 valence electrons. The first-order valence-corrected chi connectivity index (χ1v) is 7.82. The van der Waals surface area contributed by atoms with Crippen molar-refractivity contribution in [3.05, 3.63) is 89.5 Å². The van der Waals surface area contributed by atoms with Crippen LogP contribution in [-0.2, 0) is 0 Å². The number of hydrogen-bond donors (Lipinski definition) is 0. The average molecular weight is 274 g/mol. The van der Waals surface area contributed by atoms with E-state index in [4.69, 9.17) is 0 Å². The summed E-state index contributed by atoms with van der Waals surface area (Å²) in [5.74, 6) is 0.715. The smallest absolute Gasteiger partial charge is 0.0122 e. The van der Waals surface area contributed by atoms with Gasteiger partial charge in [0.05, 0.1) is 0 Å². The molecule has 2 aromatic carbocycles. The van der Waals surface area contributed by atoms with Gasteiger partial charge in [-0.1, -0.05) is 78.4 Å². The molecule has 0 heterocycles. The summed E-state index contributed by atoms with van der Waals surface area (Å²) in [7, 11) is 0. The van der Waals surface area contributed by atoms with Crippen LogP contribution in [0.5, 0.6) is 0 Å². The predicted octanol–water partition coefficient (Wildman–Crippen LogP) is 5.86. The average Bonchev–Trinajstić information content (AvgIpc) is 3.02. The second kappa shape index (κ2) is 6.58. The molecule has 0 N–H and O–H groups in total. The van der Waals surface area contributed by atoms with E-state index >= 15 is 0 Å². The van der Waals surface area contributed by atoms with Crippen molar-refractivity contribution in [3.63, 3.8) is 0 Å². The first kappa shape index (κ1) is 13.9. The van der Waals surface area contributed by atoms with E-state index in [1.807, 2.05) is 0 Å². The second-order valence-corrected chi connectivity index (χ2v) is 5.86.